The zero-order chi connectivity index (χ0) is 23.0. The first kappa shape index (κ1) is 21.9. The van der Waals surface area contributed by atoms with Crippen molar-refractivity contribution < 1.29 is 18.3 Å². The van der Waals surface area contributed by atoms with Crippen molar-refractivity contribution >= 4 is 17.2 Å². The van der Waals surface area contributed by atoms with Crippen LogP contribution in [0.5, 0.6) is 0 Å². The number of hydrogen-bond acceptors (Lipinski definition) is 5. The third-order valence-corrected chi connectivity index (χ3v) is 6.62. The molecule has 0 amide bonds. The van der Waals surface area contributed by atoms with Crippen molar-refractivity contribution in [3.05, 3.63) is 59.1 Å². The number of alkyl halides is 2. The zero-order valence-electron chi connectivity index (χ0n) is 18.2. The van der Waals surface area contributed by atoms with E-state index in [-0.39, 0.29) is 31.0 Å². The Morgan fingerprint density at radius 1 is 1.18 bits per heavy atom. The number of nitrogens with zero attached hydrogens (tertiary/aromatic N) is 4. The molecule has 3 aromatic heterocycles. The van der Waals surface area contributed by atoms with Gasteiger partial charge in [0.15, 0.2) is 11.5 Å². The number of aliphatic hydroxyl groups is 1. The summed E-state index contributed by atoms with van der Waals surface area (Å²) >= 11 is 0. The molecule has 5 rings (SSSR count). The van der Waals surface area contributed by atoms with Crippen LogP contribution >= 0.6 is 0 Å². The Bertz CT molecular complexity index is 1200. The molecule has 1 saturated carbocycles. The first-order valence-corrected chi connectivity index (χ1v) is 11.4. The molecule has 0 unspecified atom stereocenters. The van der Waals surface area contributed by atoms with E-state index in [9.17, 15) is 18.3 Å². The molecule has 33 heavy (non-hydrogen) atoms. The molecule has 0 atom stereocenters. The number of halogens is 3. The SMILES string of the molecule is OCc1cnc2c(F)cc(C3=CCCCc4nc(NCC5CCC(F)(F)CC5)ncc43)cn12. The van der Waals surface area contributed by atoms with Crippen molar-refractivity contribution in [2.75, 3.05) is 11.9 Å². The van der Waals surface area contributed by atoms with Gasteiger partial charge < -0.3 is 10.4 Å². The molecule has 0 spiro atoms. The van der Waals surface area contributed by atoms with Gasteiger partial charge in [0.25, 0.3) is 0 Å². The second kappa shape index (κ2) is 8.78. The number of pyridine rings is 1. The van der Waals surface area contributed by atoms with Gasteiger partial charge in [0.2, 0.25) is 11.9 Å². The number of rotatable bonds is 5. The van der Waals surface area contributed by atoms with Crippen LogP contribution in [0.2, 0.25) is 0 Å². The summed E-state index contributed by atoms with van der Waals surface area (Å²) in [5, 5.41) is 12.8. The molecule has 2 aliphatic carbocycles. The van der Waals surface area contributed by atoms with Crippen molar-refractivity contribution in [3.8, 4) is 0 Å². The highest BCUT2D eigenvalue weighted by molar-refractivity contribution is 5.81. The van der Waals surface area contributed by atoms with Crippen LogP contribution in [-0.4, -0.2) is 36.9 Å². The summed E-state index contributed by atoms with van der Waals surface area (Å²) in [7, 11) is 0. The highest BCUT2D eigenvalue weighted by Gasteiger charge is 2.34. The van der Waals surface area contributed by atoms with Gasteiger partial charge in [-0.3, -0.25) is 4.40 Å². The van der Waals surface area contributed by atoms with E-state index in [4.69, 9.17) is 4.98 Å². The Kier molecular flexibility index (Phi) is 5.82. The number of allylic oxidation sites excluding steroid dienone is 1. The number of aromatic nitrogens is 4. The lowest BCUT2D eigenvalue weighted by Crippen LogP contribution is -2.28. The Hall–Kier alpha value is -2.94. The van der Waals surface area contributed by atoms with Crippen LogP contribution in [0.4, 0.5) is 19.1 Å². The van der Waals surface area contributed by atoms with E-state index in [0.29, 0.717) is 36.6 Å². The lowest BCUT2D eigenvalue weighted by molar-refractivity contribution is -0.0443. The topological polar surface area (TPSA) is 75.3 Å². The van der Waals surface area contributed by atoms with Gasteiger partial charge in [-0.15, -0.1) is 0 Å². The van der Waals surface area contributed by atoms with E-state index < -0.39 is 11.7 Å². The van der Waals surface area contributed by atoms with Gasteiger partial charge in [0, 0.05) is 42.9 Å². The van der Waals surface area contributed by atoms with E-state index in [1.165, 1.54) is 12.3 Å². The normalized spacial score (nSPS) is 18.6. The average Bonchev–Trinajstić information content (AvgIpc) is 3.11. The summed E-state index contributed by atoms with van der Waals surface area (Å²) in [5.74, 6) is -2.31. The maximum absolute atomic E-state index is 14.7. The fourth-order valence-corrected chi connectivity index (χ4v) is 4.72. The molecule has 174 valence electrons. The highest BCUT2D eigenvalue weighted by atomic mass is 19.3. The molecular weight excluding hydrogens is 431 g/mol. The minimum absolute atomic E-state index is 0.0612. The van der Waals surface area contributed by atoms with Crippen molar-refractivity contribution in [3.63, 3.8) is 0 Å². The summed E-state index contributed by atoms with van der Waals surface area (Å²) < 4.78 is 43.1. The van der Waals surface area contributed by atoms with Crippen LogP contribution in [-0.2, 0) is 13.0 Å². The van der Waals surface area contributed by atoms with E-state index in [2.05, 4.69) is 21.4 Å². The van der Waals surface area contributed by atoms with Crippen molar-refractivity contribution in [2.24, 2.45) is 5.92 Å². The van der Waals surface area contributed by atoms with E-state index in [1.807, 2.05) is 0 Å². The first-order valence-electron chi connectivity index (χ1n) is 11.4. The van der Waals surface area contributed by atoms with Crippen molar-refractivity contribution in [1.29, 1.82) is 0 Å². The predicted molar refractivity (Wildman–Crippen MR) is 119 cm³/mol. The van der Waals surface area contributed by atoms with Crippen LogP contribution in [0.3, 0.4) is 0 Å². The van der Waals surface area contributed by atoms with Crippen LogP contribution < -0.4 is 5.32 Å². The number of aliphatic hydroxyl groups excluding tert-OH is 1. The number of nitrogens with one attached hydrogen (secondary N) is 1. The number of aryl methyl sites for hydroxylation is 1. The summed E-state index contributed by atoms with van der Waals surface area (Å²) in [6.07, 6.45) is 10.4. The zero-order valence-corrected chi connectivity index (χ0v) is 18.2. The molecule has 0 radical (unpaired) electrons. The van der Waals surface area contributed by atoms with Crippen molar-refractivity contribution in [2.45, 2.75) is 57.5 Å². The number of hydrogen-bond donors (Lipinski definition) is 2. The van der Waals surface area contributed by atoms with Crippen LogP contribution in [0.15, 0.2) is 30.7 Å². The van der Waals surface area contributed by atoms with Gasteiger partial charge in [-0.1, -0.05) is 6.08 Å². The Morgan fingerprint density at radius 2 is 2.00 bits per heavy atom. The molecule has 0 saturated heterocycles. The monoisotopic (exact) mass is 457 g/mol. The molecular formula is C24H26F3N5O. The third kappa shape index (κ3) is 4.46. The Balaban J connectivity index is 1.39. The molecule has 6 nitrogen and oxygen atoms in total. The Labute approximate surface area is 189 Å². The standard InChI is InChI=1S/C24H26F3N5O/c25-20-9-16(13-32-17(14-33)11-28-22(20)32)18-3-1-2-4-21-19(18)12-30-23(31-21)29-10-15-5-7-24(26,27)8-6-15/h3,9,11-13,15,33H,1-2,4-8,10,14H2,(H,29,30,31). The van der Waals surface area contributed by atoms with Gasteiger partial charge in [0.1, 0.15) is 0 Å². The molecule has 3 aromatic rings. The quantitative estimate of drug-likeness (QED) is 0.578. The molecule has 2 aliphatic rings. The van der Waals surface area contributed by atoms with Gasteiger partial charge in [0.05, 0.1) is 24.2 Å². The second-order valence-electron chi connectivity index (χ2n) is 8.92. The second-order valence-corrected chi connectivity index (χ2v) is 8.92. The first-order chi connectivity index (χ1) is 15.9. The third-order valence-electron chi connectivity index (χ3n) is 6.62. The average molecular weight is 458 g/mol. The maximum Gasteiger partial charge on any atom is 0.248 e. The predicted octanol–water partition coefficient (Wildman–Crippen LogP) is 4.76. The lowest BCUT2D eigenvalue weighted by atomic mass is 9.87. The molecule has 1 fully saturated rings. The number of anilines is 1. The van der Waals surface area contributed by atoms with E-state index >= 15 is 0 Å². The molecule has 2 N–H and O–H groups in total. The smallest absolute Gasteiger partial charge is 0.248 e. The van der Waals surface area contributed by atoms with Gasteiger partial charge in [-0.05, 0) is 49.7 Å². The van der Waals surface area contributed by atoms with Crippen LogP contribution in [0, 0.1) is 11.7 Å². The van der Waals surface area contributed by atoms with E-state index in [1.54, 1.807) is 16.8 Å². The highest BCUT2D eigenvalue weighted by Crippen LogP contribution is 2.36. The maximum atomic E-state index is 14.7. The molecule has 0 bridgehead atoms. The minimum atomic E-state index is -2.53. The summed E-state index contributed by atoms with van der Waals surface area (Å²) in [6.45, 7) is 0.334. The number of fused-ring (bicyclic) bond motifs is 2. The largest absolute Gasteiger partial charge is 0.390 e. The fraction of sp³-hybridized carbons (Fsp3) is 0.458. The van der Waals surface area contributed by atoms with Gasteiger partial charge in [-0.2, -0.15) is 0 Å². The van der Waals surface area contributed by atoms with Gasteiger partial charge >= 0.3 is 0 Å². The lowest BCUT2D eigenvalue weighted by Gasteiger charge is -2.28. The van der Waals surface area contributed by atoms with Crippen LogP contribution in [0.25, 0.3) is 11.2 Å². The minimum Gasteiger partial charge on any atom is -0.390 e. The molecule has 9 heteroatoms. The van der Waals surface area contributed by atoms with Gasteiger partial charge in [-0.25, -0.2) is 28.1 Å². The summed E-state index contributed by atoms with van der Waals surface area (Å²) in [4.78, 5) is 13.2. The number of imidazole rings is 1. The van der Waals surface area contributed by atoms with E-state index in [0.717, 1.165) is 36.1 Å². The summed E-state index contributed by atoms with van der Waals surface area (Å²) in [6, 6.07) is 1.45. The molecule has 0 aliphatic heterocycles. The summed E-state index contributed by atoms with van der Waals surface area (Å²) in [5.41, 5.74) is 3.93. The molecule has 0 aromatic carbocycles. The van der Waals surface area contributed by atoms with Crippen molar-refractivity contribution in [1.82, 2.24) is 19.4 Å². The fourth-order valence-electron chi connectivity index (χ4n) is 4.72. The Morgan fingerprint density at radius 3 is 2.79 bits per heavy atom. The van der Waals surface area contributed by atoms with Crippen LogP contribution in [0.1, 0.15) is 61.0 Å². The molecule has 3 heterocycles.